The van der Waals surface area contributed by atoms with Crippen LogP contribution in [0.25, 0.3) is 0 Å². The number of unbranched alkanes of at least 4 members (excludes halogenated alkanes) is 1. The van der Waals surface area contributed by atoms with Crippen molar-refractivity contribution in [3.05, 3.63) is 37.5 Å². The summed E-state index contributed by atoms with van der Waals surface area (Å²) in [6.07, 6.45) is 6.85. The van der Waals surface area contributed by atoms with Crippen molar-refractivity contribution >= 4 is 0 Å². The molecular formula is C11H19N. The van der Waals surface area contributed by atoms with Crippen molar-refractivity contribution < 1.29 is 4.57 Å². The zero-order valence-electron chi connectivity index (χ0n) is 8.38. The van der Waals surface area contributed by atoms with Crippen molar-refractivity contribution in [3.63, 3.8) is 0 Å². The predicted molar refractivity (Wildman–Crippen MR) is 52.7 cm³/mol. The van der Waals surface area contributed by atoms with Gasteiger partial charge in [0.25, 0.3) is 0 Å². The van der Waals surface area contributed by atoms with Gasteiger partial charge in [-0.15, -0.1) is 0 Å². The van der Waals surface area contributed by atoms with Gasteiger partial charge >= 0.3 is 0 Å². The molecule has 0 aliphatic heterocycles. The topological polar surface area (TPSA) is 3.88 Å². The Kier molecular flexibility index (Phi) is 5.35. The lowest BCUT2D eigenvalue weighted by molar-refractivity contribution is -0.697. The summed E-state index contributed by atoms with van der Waals surface area (Å²) in [5.41, 5.74) is 1.34. The van der Waals surface area contributed by atoms with Crippen LogP contribution in [0.15, 0.2) is 24.5 Å². The first-order valence-electron chi connectivity index (χ1n) is 4.28. The molecule has 0 saturated carbocycles. The highest BCUT2D eigenvalue weighted by molar-refractivity contribution is 5.01. The van der Waals surface area contributed by atoms with Gasteiger partial charge in [-0.3, -0.25) is 0 Å². The van der Waals surface area contributed by atoms with Gasteiger partial charge in [-0.25, -0.2) is 4.57 Å². The van der Waals surface area contributed by atoms with Gasteiger partial charge in [0.15, 0.2) is 12.4 Å². The average Bonchev–Trinajstić information content (AvgIpc) is 2.01. The lowest BCUT2D eigenvalue weighted by Crippen LogP contribution is -2.32. The first-order chi connectivity index (χ1) is 5.33. The third-order valence-corrected chi connectivity index (χ3v) is 1.78. The second kappa shape index (κ2) is 5.76. The number of nitrogens with zero attached hydrogens (tertiary/aromatic N) is 1. The van der Waals surface area contributed by atoms with Crippen LogP contribution in [-0.2, 0) is 6.54 Å². The standard InChI is InChI=1S/C10H16N.CH3/c1-3-4-7-11-8-5-6-10(2)9-11;/h5-6,8-9H,3-4,7H2,1-2H3;1H3/q+1;-1. The van der Waals surface area contributed by atoms with Gasteiger partial charge in [-0.2, -0.15) is 0 Å². The average molecular weight is 165 g/mol. The smallest absolute Gasteiger partial charge is 0.171 e. The van der Waals surface area contributed by atoms with E-state index in [1.165, 1.54) is 18.4 Å². The summed E-state index contributed by atoms with van der Waals surface area (Å²) in [5.74, 6) is 0. The molecule has 0 aliphatic carbocycles. The lowest BCUT2D eigenvalue weighted by Gasteiger charge is -1.94. The molecule has 0 amide bonds. The SMILES string of the molecule is CCCC[n+]1cccc(C)c1.[CH3-]. The maximum absolute atomic E-state index is 2.25. The van der Waals surface area contributed by atoms with Crippen molar-refractivity contribution in [3.8, 4) is 0 Å². The Morgan fingerprint density at radius 3 is 2.75 bits per heavy atom. The van der Waals surface area contributed by atoms with E-state index in [1.54, 1.807) is 0 Å². The van der Waals surface area contributed by atoms with Crippen molar-refractivity contribution in [2.24, 2.45) is 0 Å². The van der Waals surface area contributed by atoms with Crippen LogP contribution in [0.5, 0.6) is 0 Å². The van der Waals surface area contributed by atoms with Crippen LogP contribution < -0.4 is 4.57 Å². The minimum Gasteiger partial charge on any atom is -0.358 e. The Bertz CT molecular complexity index is 218. The van der Waals surface area contributed by atoms with Crippen molar-refractivity contribution in [1.82, 2.24) is 0 Å². The predicted octanol–water partition coefficient (Wildman–Crippen LogP) is 2.53. The molecule has 0 spiro atoms. The van der Waals surface area contributed by atoms with Gasteiger partial charge < -0.3 is 7.43 Å². The summed E-state index contributed by atoms with van der Waals surface area (Å²) in [4.78, 5) is 0. The minimum atomic E-state index is 0. The zero-order valence-corrected chi connectivity index (χ0v) is 8.38. The maximum Gasteiger partial charge on any atom is 0.171 e. The van der Waals surface area contributed by atoms with E-state index in [9.17, 15) is 0 Å². The highest BCUT2D eigenvalue weighted by Gasteiger charge is 1.97. The van der Waals surface area contributed by atoms with Gasteiger partial charge in [-0.05, 0) is 13.0 Å². The molecule has 0 N–H and O–H groups in total. The van der Waals surface area contributed by atoms with Crippen LogP contribution in [0.3, 0.4) is 0 Å². The van der Waals surface area contributed by atoms with Gasteiger partial charge in [0.2, 0.25) is 0 Å². The molecule has 68 valence electrons. The molecule has 0 fully saturated rings. The van der Waals surface area contributed by atoms with E-state index >= 15 is 0 Å². The van der Waals surface area contributed by atoms with E-state index in [0.29, 0.717) is 0 Å². The minimum absolute atomic E-state index is 0. The third kappa shape index (κ3) is 3.51. The van der Waals surface area contributed by atoms with Crippen molar-refractivity contribution in [1.29, 1.82) is 0 Å². The Hall–Kier alpha value is -0.850. The molecule has 0 bridgehead atoms. The highest BCUT2D eigenvalue weighted by atomic mass is 14.9. The fourth-order valence-electron chi connectivity index (χ4n) is 1.13. The Balaban J connectivity index is 0.00000121. The van der Waals surface area contributed by atoms with E-state index in [1.807, 2.05) is 0 Å². The van der Waals surface area contributed by atoms with Gasteiger partial charge in [0.05, 0.1) is 0 Å². The molecule has 0 radical (unpaired) electrons. The second-order valence-corrected chi connectivity index (χ2v) is 2.97. The Morgan fingerprint density at radius 1 is 1.42 bits per heavy atom. The molecule has 1 heteroatoms. The van der Waals surface area contributed by atoms with Gasteiger partial charge in [0.1, 0.15) is 6.54 Å². The quantitative estimate of drug-likeness (QED) is 0.478. The van der Waals surface area contributed by atoms with Crippen LogP contribution in [-0.4, -0.2) is 0 Å². The fraction of sp³-hybridized carbons (Fsp3) is 0.455. The fourth-order valence-corrected chi connectivity index (χ4v) is 1.13. The summed E-state index contributed by atoms with van der Waals surface area (Å²) in [6.45, 7) is 5.50. The molecule has 1 aromatic heterocycles. The lowest BCUT2D eigenvalue weighted by atomic mass is 10.3. The van der Waals surface area contributed by atoms with Crippen molar-refractivity contribution in [2.75, 3.05) is 0 Å². The van der Waals surface area contributed by atoms with Crippen LogP contribution in [0, 0.1) is 14.4 Å². The van der Waals surface area contributed by atoms with E-state index < -0.39 is 0 Å². The van der Waals surface area contributed by atoms with Crippen LogP contribution in [0.4, 0.5) is 0 Å². The molecule has 0 aromatic carbocycles. The highest BCUT2D eigenvalue weighted by Crippen LogP contribution is 1.91. The summed E-state index contributed by atoms with van der Waals surface area (Å²) in [6, 6.07) is 4.23. The molecule has 1 aromatic rings. The molecular weight excluding hydrogens is 146 g/mol. The van der Waals surface area contributed by atoms with E-state index in [4.69, 9.17) is 0 Å². The number of pyridine rings is 1. The van der Waals surface area contributed by atoms with Crippen LogP contribution in [0.2, 0.25) is 0 Å². The van der Waals surface area contributed by atoms with Gasteiger partial charge in [-0.1, -0.05) is 13.3 Å². The maximum atomic E-state index is 2.25. The number of aromatic nitrogens is 1. The number of hydrogen-bond donors (Lipinski definition) is 0. The molecule has 0 aliphatic rings. The Morgan fingerprint density at radius 2 is 2.17 bits per heavy atom. The molecule has 0 saturated heterocycles. The van der Waals surface area contributed by atoms with E-state index in [2.05, 4.69) is 42.9 Å². The molecule has 1 heterocycles. The largest absolute Gasteiger partial charge is 0.358 e. The second-order valence-electron chi connectivity index (χ2n) is 2.97. The van der Waals surface area contributed by atoms with Gasteiger partial charge in [0, 0.05) is 18.1 Å². The molecule has 12 heavy (non-hydrogen) atoms. The number of hydrogen-bond acceptors (Lipinski definition) is 0. The van der Waals surface area contributed by atoms with Crippen LogP contribution in [0.1, 0.15) is 25.3 Å². The molecule has 0 atom stereocenters. The van der Waals surface area contributed by atoms with Crippen LogP contribution >= 0.6 is 0 Å². The normalized spacial score (nSPS) is 9.17. The number of aryl methyl sites for hydroxylation is 2. The summed E-state index contributed by atoms with van der Waals surface area (Å²) in [7, 11) is 0. The van der Waals surface area contributed by atoms with Crippen molar-refractivity contribution in [2.45, 2.75) is 33.2 Å². The monoisotopic (exact) mass is 165 g/mol. The van der Waals surface area contributed by atoms with E-state index in [0.717, 1.165) is 6.54 Å². The summed E-state index contributed by atoms with van der Waals surface area (Å²) in [5, 5.41) is 0. The molecule has 0 unspecified atom stereocenters. The first kappa shape index (κ1) is 11.2. The zero-order chi connectivity index (χ0) is 8.10. The number of rotatable bonds is 3. The molecule has 1 rings (SSSR count). The van der Waals surface area contributed by atoms with E-state index in [-0.39, 0.29) is 7.43 Å². The Labute approximate surface area is 76.1 Å². The summed E-state index contributed by atoms with van der Waals surface area (Å²) < 4.78 is 2.25. The first-order valence-corrected chi connectivity index (χ1v) is 4.28. The molecule has 1 nitrogen and oxygen atoms in total. The summed E-state index contributed by atoms with van der Waals surface area (Å²) >= 11 is 0. The third-order valence-electron chi connectivity index (χ3n) is 1.78.